The first-order chi connectivity index (χ1) is 16.9. The number of hydrogen-bond donors (Lipinski definition) is 3. The summed E-state index contributed by atoms with van der Waals surface area (Å²) in [4.78, 5) is 38.1. The minimum atomic E-state index is -4.25. The van der Waals surface area contributed by atoms with E-state index in [1.807, 2.05) is 4.98 Å². The molecule has 1 aromatic heterocycles. The SMILES string of the molecule is CC(C)OC(=O)C1Cc2ccccc2OP(=O)(OCC2OC(n3ccc(=O)[nH]c3=O)C(C)(F)C2O)N1. The number of carbonyl (C=O) groups excluding carboxylic acids is 1. The van der Waals surface area contributed by atoms with Crippen LogP contribution in [0.25, 0.3) is 0 Å². The van der Waals surface area contributed by atoms with Crippen molar-refractivity contribution in [3.05, 3.63) is 62.9 Å². The molecule has 3 N–H and O–H groups in total. The third-order valence-electron chi connectivity index (χ3n) is 5.80. The number of hydrogen-bond acceptors (Lipinski definition) is 9. The number of aromatic nitrogens is 2. The topological polar surface area (TPSA) is 158 Å². The van der Waals surface area contributed by atoms with Gasteiger partial charge in [0, 0.05) is 18.7 Å². The minimum absolute atomic E-state index is 0.109. The number of aliphatic hydroxyl groups is 1. The Kier molecular flexibility index (Phi) is 7.22. The van der Waals surface area contributed by atoms with Crippen LogP contribution in [0, 0.1) is 0 Å². The van der Waals surface area contributed by atoms with E-state index in [1.54, 1.807) is 38.1 Å². The van der Waals surface area contributed by atoms with Crippen LogP contribution in [0.5, 0.6) is 5.75 Å². The molecule has 0 spiro atoms. The van der Waals surface area contributed by atoms with E-state index in [0.717, 1.165) is 23.8 Å². The van der Waals surface area contributed by atoms with Gasteiger partial charge in [0.05, 0.1) is 12.7 Å². The molecule has 1 saturated heterocycles. The van der Waals surface area contributed by atoms with Gasteiger partial charge in [0.1, 0.15) is 24.0 Å². The van der Waals surface area contributed by atoms with Crippen molar-refractivity contribution in [1.29, 1.82) is 0 Å². The summed E-state index contributed by atoms with van der Waals surface area (Å²) in [7, 11) is -4.25. The maximum atomic E-state index is 15.4. The molecule has 2 aliphatic rings. The molecule has 0 radical (unpaired) electrons. The summed E-state index contributed by atoms with van der Waals surface area (Å²) in [6.45, 7) is 3.75. The van der Waals surface area contributed by atoms with Crippen molar-refractivity contribution in [2.45, 2.75) is 63.4 Å². The van der Waals surface area contributed by atoms with Crippen LogP contribution in [-0.2, 0) is 29.8 Å². The quantitative estimate of drug-likeness (QED) is 0.368. The second-order valence-corrected chi connectivity index (χ2v) is 10.7. The van der Waals surface area contributed by atoms with E-state index >= 15 is 4.39 Å². The van der Waals surface area contributed by atoms with Gasteiger partial charge in [-0.05, 0) is 32.4 Å². The molecule has 36 heavy (non-hydrogen) atoms. The van der Waals surface area contributed by atoms with Gasteiger partial charge >= 0.3 is 19.4 Å². The number of rotatable bonds is 6. The maximum Gasteiger partial charge on any atom is 0.459 e. The molecule has 0 bridgehead atoms. The monoisotopic (exact) mass is 527 g/mol. The lowest BCUT2D eigenvalue weighted by molar-refractivity contribution is -0.149. The highest BCUT2D eigenvalue weighted by atomic mass is 31.2. The van der Waals surface area contributed by atoms with Crippen LogP contribution in [0.1, 0.15) is 32.6 Å². The fourth-order valence-electron chi connectivity index (χ4n) is 4.02. The Morgan fingerprint density at radius 1 is 1.33 bits per heavy atom. The minimum Gasteiger partial charge on any atom is -0.462 e. The van der Waals surface area contributed by atoms with Crippen molar-refractivity contribution < 1.29 is 37.4 Å². The van der Waals surface area contributed by atoms with Crippen molar-refractivity contribution in [3.8, 4) is 5.75 Å². The summed E-state index contributed by atoms with van der Waals surface area (Å²) in [5, 5.41) is 13.1. The number of alkyl halides is 1. The number of esters is 1. The molecule has 0 amide bonds. The van der Waals surface area contributed by atoms with Gasteiger partial charge in [0.25, 0.3) is 5.56 Å². The Bertz CT molecular complexity index is 1290. The number of ether oxygens (including phenoxy) is 2. The Morgan fingerprint density at radius 2 is 2.06 bits per heavy atom. The Balaban J connectivity index is 1.55. The fourth-order valence-corrected chi connectivity index (χ4v) is 5.56. The zero-order chi connectivity index (χ0) is 26.3. The molecule has 1 aromatic carbocycles. The van der Waals surface area contributed by atoms with Crippen LogP contribution in [0.2, 0.25) is 0 Å². The molecule has 2 aliphatic heterocycles. The van der Waals surface area contributed by atoms with Gasteiger partial charge in [-0.15, -0.1) is 0 Å². The van der Waals surface area contributed by atoms with Crippen molar-refractivity contribution in [1.82, 2.24) is 14.6 Å². The van der Waals surface area contributed by atoms with E-state index in [1.165, 1.54) is 0 Å². The molecule has 196 valence electrons. The second kappa shape index (κ2) is 9.91. The van der Waals surface area contributed by atoms with Gasteiger partial charge in [0.15, 0.2) is 11.9 Å². The molecule has 0 saturated carbocycles. The summed E-state index contributed by atoms with van der Waals surface area (Å²) < 4.78 is 51.7. The van der Waals surface area contributed by atoms with E-state index < -0.39 is 67.8 Å². The molecule has 14 heteroatoms. The van der Waals surface area contributed by atoms with Crippen molar-refractivity contribution in [2.24, 2.45) is 0 Å². The Hall–Kier alpha value is -2.83. The van der Waals surface area contributed by atoms with E-state index in [0.29, 0.717) is 5.56 Å². The number of nitrogens with one attached hydrogen (secondary N) is 2. The van der Waals surface area contributed by atoms with Gasteiger partial charge in [-0.2, -0.15) is 5.09 Å². The summed E-state index contributed by atoms with van der Waals surface area (Å²) in [6.07, 6.45) is -4.05. The third-order valence-corrected chi connectivity index (χ3v) is 7.35. The highest BCUT2D eigenvalue weighted by Gasteiger charge is 2.56. The molecular formula is C22H27FN3O9P. The van der Waals surface area contributed by atoms with Gasteiger partial charge in [-0.25, -0.2) is 13.8 Å². The first-order valence-electron chi connectivity index (χ1n) is 11.2. The van der Waals surface area contributed by atoms with Crippen molar-refractivity contribution in [2.75, 3.05) is 6.61 Å². The third kappa shape index (κ3) is 5.30. The van der Waals surface area contributed by atoms with Crippen LogP contribution in [0.4, 0.5) is 4.39 Å². The second-order valence-electron chi connectivity index (χ2n) is 9.00. The molecule has 1 fully saturated rings. The van der Waals surface area contributed by atoms with Gasteiger partial charge < -0.3 is 19.1 Å². The number of fused-ring (bicyclic) bond motifs is 1. The van der Waals surface area contributed by atoms with Crippen LogP contribution < -0.4 is 20.9 Å². The zero-order valence-corrected chi connectivity index (χ0v) is 20.6. The molecule has 6 unspecified atom stereocenters. The molecule has 12 nitrogen and oxygen atoms in total. The van der Waals surface area contributed by atoms with E-state index in [9.17, 15) is 24.1 Å². The van der Waals surface area contributed by atoms with Gasteiger partial charge in [0.2, 0.25) is 0 Å². The number of halogens is 1. The van der Waals surface area contributed by atoms with Crippen LogP contribution >= 0.6 is 7.75 Å². The number of aromatic amines is 1. The number of carbonyl (C=O) groups is 1. The molecule has 4 rings (SSSR count). The zero-order valence-electron chi connectivity index (χ0n) is 19.8. The predicted molar refractivity (Wildman–Crippen MR) is 123 cm³/mol. The predicted octanol–water partition coefficient (Wildman–Crippen LogP) is 1.19. The largest absolute Gasteiger partial charge is 0.462 e. The number of nitrogens with zero attached hydrogens (tertiary/aromatic N) is 1. The van der Waals surface area contributed by atoms with E-state index in [2.05, 4.69) is 5.09 Å². The lowest BCUT2D eigenvalue weighted by Crippen LogP contribution is -2.44. The highest BCUT2D eigenvalue weighted by molar-refractivity contribution is 7.52. The highest BCUT2D eigenvalue weighted by Crippen LogP contribution is 2.50. The summed E-state index contributed by atoms with van der Waals surface area (Å²) in [5.41, 5.74) is -3.51. The van der Waals surface area contributed by atoms with Crippen molar-refractivity contribution in [3.63, 3.8) is 0 Å². The number of benzene rings is 1. The van der Waals surface area contributed by atoms with Crippen LogP contribution in [0.3, 0.4) is 0 Å². The fraction of sp³-hybridized carbons (Fsp3) is 0.500. The smallest absolute Gasteiger partial charge is 0.459 e. The van der Waals surface area contributed by atoms with Gasteiger partial charge in [-0.1, -0.05) is 18.2 Å². The summed E-state index contributed by atoms with van der Waals surface area (Å²) in [6, 6.07) is 6.57. The standard InChI is InChI=1S/C22H27FN3O9P/c1-12(2)33-19(29)14-10-13-6-4-5-7-15(13)35-36(31,25-14)32-11-16-18(28)22(3,23)20(34-16)26-9-8-17(27)24-21(26)30/h4-9,12,14,16,18,20,28H,10-11H2,1-3H3,(H,25,31)(H,24,27,30). The first kappa shape index (κ1) is 26.2. The van der Waals surface area contributed by atoms with Gasteiger partial charge in [-0.3, -0.25) is 23.7 Å². The maximum absolute atomic E-state index is 15.4. The van der Waals surface area contributed by atoms with Crippen LogP contribution in [-0.4, -0.2) is 57.3 Å². The van der Waals surface area contributed by atoms with Crippen molar-refractivity contribution >= 4 is 13.7 Å². The number of H-pyrrole nitrogens is 1. The molecule has 0 aliphatic carbocycles. The average molecular weight is 527 g/mol. The Morgan fingerprint density at radius 3 is 2.75 bits per heavy atom. The number of para-hydroxylation sites is 1. The lowest BCUT2D eigenvalue weighted by atomic mass is 9.98. The van der Waals surface area contributed by atoms with Crippen LogP contribution in [0.15, 0.2) is 46.1 Å². The summed E-state index contributed by atoms with van der Waals surface area (Å²) >= 11 is 0. The van der Waals surface area contributed by atoms with E-state index in [4.69, 9.17) is 18.5 Å². The normalized spacial score (nSPS) is 31.9. The average Bonchev–Trinajstić information content (AvgIpc) is 2.92. The number of aliphatic hydroxyl groups excluding tert-OH is 1. The molecule has 2 aromatic rings. The molecule has 3 heterocycles. The lowest BCUT2D eigenvalue weighted by Gasteiger charge is -2.25. The summed E-state index contributed by atoms with van der Waals surface area (Å²) in [5.74, 6) is -0.450. The van der Waals surface area contributed by atoms with E-state index in [-0.39, 0.29) is 12.2 Å². The first-order valence-corrected chi connectivity index (χ1v) is 12.8. The molecule has 6 atom stereocenters. The molecular weight excluding hydrogens is 500 g/mol. The Labute approximate surface area is 204 Å².